The Bertz CT molecular complexity index is 443. The van der Waals surface area contributed by atoms with Crippen molar-refractivity contribution in [2.24, 2.45) is 0 Å². The van der Waals surface area contributed by atoms with Crippen LogP contribution in [-0.2, 0) is 0 Å². The molecule has 2 aromatic rings. The van der Waals surface area contributed by atoms with Gasteiger partial charge in [0.15, 0.2) is 0 Å². The molecule has 0 amide bonds. The Morgan fingerprint density at radius 1 is 1.20 bits per heavy atom. The molecule has 3 heteroatoms. The molecule has 0 N–H and O–H groups in total. The van der Waals surface area contributed by atoms with Gasteiger partial charge in [0.05, 0.1) is 12.0 Å². The van der Waals surface area contributed by atoms with E-state index in [1.807, 2.05) is 17.5 Å². The van der Waals surface area contributed by atoms with Gasteiger partial charge in [-0.1, -0.05) is 6.07 Å². The SMILES string of the molecule is COc1ccc(C(=O)c2cccs2)cc1. The van der Waals surface area contributed by atoms with E-state index < -0.39 is 0 Å². The fourth-order valence-corrected chi connectivity index (χ4v) is 1.98. The van der Waals surface area contributed by atoms with Crippen LogP contribution in [0, 0.1) is 0 Å². The molecule has 0 fully saturated rings. The van der Waals surface area contributed by atoms with Crippen LogP contribution < -0.4 is 4.74 Å². The maximum Gasteiger partial charge on any atom is 0.202 e. The summed E-state index contributed by atoms with van der Waals surface area (Å²) in [6, 6.07) is 10.8. The average molecular weight is 218 g/mol. The Morgan fingerprint density at radius 2 is 1.93 bits per heavy atom. The average Bonchev–Trinajstić information content (AvgIpc) is 2.82. The maximum atomic E-state index is 11.9. The number of hydrogen-bond donors (Lipinski definition) is 0. The first-order chi connectivity index (χ1) is 7.31. The standard InChI is InChI=1S/C12H10O2S/c1-14-10-6-4-9(5-7-10)12(13)11-3-2-8-15-11/h2-8H,1H3. The topological polar surface area (TPSA) is 26.3 Å². The molecule has 1 aromatic carbocycles. The van der Waals surface area contributed by atoms with E-state index in [9.17, 15) is 4.79 Å². The van der Waals surface area contributed by atoms with E-state index in [2.05, 4.69) is 0 Å². The van der Waals surface area contributed by atoms with Crippen LogP contribution in [0.3, 0.4) is 0 Å². The number of rotatable bonds is 3. The van der Waals surface area contributed by atoms with E-state index in [1.165, 1.54) is 11.3 Å². The first-order valence-electron chi connectivity index (χ1n) is 4.53. The lowest BCUT2D eigenvalue weighted by Crippen LogP contribution is -1.97. The summed E-state index contributed by atoms with van der Waals surface area (Å²) in [7, 11) is 1.61. The predicted molar refractivity (Wildman–Crippen MR) is 60.7 cm³/mol. The van der Waals surface area contributed by atoms with Crippen LogP contribution in [0.2, 0.25) is 0 Å². The van der Waals surface area contributed by atoms with Gasteiger partial charge in [0.25, 0.3) is 0 Å². The molecule has 15 heavy (non-hydrogen) atoms. The normalized spacial score (nSPS) is 9.93. The Morgan fingerprint density at radius 3 is 2.47 bits per heavy atom. The van der Waals surface area contributed by atoms with Gasteiger partial charge in [-0.3, -0.25) is 4.79 Å². The van der Waals surface area contributed by atoms with E-state index in [4.69, 9.17) is 4.74 Å². The zero-order valence-corrected chi connectivity index (χ0v) is 9.08. The second kappa shape index (κ2) is 4.28. The molecule has 0 unspecified atom stereocenters. The molecule has 1 aromatic heterocycles. The second-order valence-corrected chi connectivity index (χ2v) is 3.98. The van der Waals surface area contributed by atoms with Crippen molar-refractivity contribution in [1.29, 1.82) is 0 Å². The van der Waals surface area contributed by atoms with Gasteiger partial charge in [-0.2, -0.15) is 0 Å². The van der Waals surface area contributed by atoms with E-state index in [0.717, 1.165) is 10.6 Å². The van der Waals surface area contributed by atoms with Crippen molar-refractivity contribution < 1.29 is 9.53 Å². The van der Waals surface area contributed by atoms with Gasteiger partial charge in [0.1, 0.15) is 5.75 Å². The Hall–Kier alpha value is -1.61. The number of hydrogen-bond acceptors (Lipinski definition) is 3. The number of carbonyl (C=O) groups is 1. The van der Waals surface area contributed by atoms with Crippen LogP contribution in [0.4, 0.5) is 0 Å². The van der Waals surface area contributed by atoms with Crippen LogP contribution in [-0.4, -0.2) is 12.9 Å². The summed E-state index contributed by atoms with van der Waals surface area (Å²) in [5.41, 5.74) is 0.693. The third-order valence-corrected chi connectivity index (χ3v) is 2.97. The summed E-state index contributed by atoms with van der Waals surface area (Å²) >= 11 is 1.46. The lowest BCUT2D eigenvalue weighted by molar-refractivity contribution is 0.104. The number of ketones is 1. The fraction of sp³-hybridized carbons (Fsp3) is 0.0833. The molecule has 0 aliphatic carbocycles. The summed E-state index contributed by atoms with van der Waals surface area (Å²) in [5.74, 6) is 0.824. The van der Waals surface area contributed by atoms with Gasteiger partial charge < -0.3 is 4.74 Å². The lowest BCUT2D eigenvalue weighted by Gasteiger charge is -2.01. The van der Waals surface area contributed by atoms with Gasteiger partial charge in [-0.25, -0.2) is 0 Å². The third kappa shape index (κ3) is 2.07. The molecular weight excluding hydrogens is 208 g/mol. The van der Waals surface area contributed by atoms with Crippen molar-refractivity contribution in [2.45, 2.75) is 0 Å². The first kappa shape index (κ1) is 9.93. The van der Waals surface area contributed by atoms with Gasteiger partial charge >= 0.3 is 0 Å². The van der Waals surface area contributed by atoms with Crippen molar-refractivity contribution in [3.63, 3.8) is 0 Å². The number of thiophene rings is 1. The van der Waals surface area contributed by atoms with Crippen LogP contribution in [0.15, 0.2) is 41.8 Å². The molecule has 0 atom stereocenters. The lowest BCUT2D eigenvalue weighted by atomic mass is 10.1. The molecule has 0 aliphatic heterocycles. The van der Waals surface area contributed by atoms with Gasteiger partial charge in [-0.05, 0) is 35.7 Å². The summed E-state index contributed by atoms with van der Waals surface area (Å²) in [6.45, 7) is 0. The first-order valence-corrected chi connectivity index (χ1v) is 5.41. The molecule has 0 aliphatic rings. The summed E-state index contributed by atoms with van der Waals surface area (Å²) < 4.78 is 5.03. The molecule has 76 valence electrons. The minimum Gasteiger partial charge on any atom is -0.497 e. The van der Waals surface area contributed by atoms with Gasteiger partial charge in [-0.15, -0.1) is 11.3 Å². The largest absolute Gasteiger partial charge is 0.497 e. The summed E-state index contributed by atoms with van der Waals surface area (Å²) in [6.07, 6.45) is 0. The molecule has 1 heterocycles. The van der Waals surface area contributed by atoms with Crippen LogP contribution in [0.25, 0.3) is 0 Å². The van der Waals surface area contributed by atoms with Crippen molar-refractivity contribution in [2.75, 3.05) is 7.11 Å². The zero-order valence-electron chi connectivity index (χ0n) is 8.27. The molecule has 0 spiro atoms. The fourth-order valence-electron chi connectivity index (χ4n) is 1.29. The number of carbonyl (C=O) groups excluding carboxylic acids is 1. The van der Waals surface area contributed by atoms with E-state index in [0.29, 0.717) is 5.56 Å². The molecule has 0 saturated heterocycles. The predicted octanol–water partition coefficient (Wildman–Crippen LogP) is 2.99. The van der Waals surface area contributed by atoms with E-state index >= 15 is 0 Å². The molecular formula is C12H10O2S. The van der Waals surface area contributed by atoms with E-state index in [1.54, 1.807) is 31.4 Å². The second-order valence-electron chi connectivity index (χ2n) is 3.03. The maximum absolute atomic E-state index is 11.9. The smallest absolute Gasteiger partial charge is 0.202 e. The molecule has 0 bridgehead atoms. The highest BCUT2D eigenvalue weighted by molar-refractivity contribution is 7.12. The number of ether oxygens (including phenoxy) is 1. The van der Waals surface area contributed by atoms with Crippen molar-refractivity contribution >= 4 is 17.1 Å². The highest BCUT2D eigenvalue weighted by Gasteiger charge is 2.09. The van der Waals surface area contributed by atoms with Crippen LogP contribution >= 0.6 is 11.3 Å². The van der Waals surface area contributed by atoms with Crippen LogP contribution in [0.1, 0.15) is 15.2 Å². The highest BCUT2D eigenvalue weighted by Crippen LogP contribution is 2.17. The van der Waals surface area contributed by atoms with Crippen molar-refractivity contribution in [3.05, 3.63) is 52.2 Å². The van der Waals surface area contributed by atoms with E-state index in [-0.39, 0.29) is 5.78 Å². The Kier molecular flexibility index (Phi) is 2.83. The van der Waals surface area contributed by atoms with Crippen molar-refractivity contribution in [3.8, 4) is 5.75 Å². The highest BCUT2D eigenvalue weighted by atomic mass is 32.1. The third-order valence-electron chi connectivity index (χ3n) is 2.10. The Balaban J connectivity index is 2.27. The summed E-state index contributed by atoms with van der Waals surface area (Å²) in [4.78, 5) is 12.6. The Labute approximate surface area is 92.1 Å². The number of benzene rings is 1. The molecule has 2 nitrogen and oxygen atoms in total. The van der Waals surface area contributed by atoms with Gasteiger partial charge in [0, 0.05) is 5.56 Å². The molecule has 0 saturated carbocycles. The minimum atomic E-state index is 0.0626. The van der Waals surface area contributed by atoms with Gasteiger partial charge in [0.2, 0.25) is 5.78 Å². The van der Waals surface area contributed by atoms with Crippen LogP contribution in [0.5, 0.6) is 5.75 Å². The minimum absolute atomic E-state index is 0.0626. The summed E-state index contributed by atoms with van der Waals surface area (Å²) in [5, 5.41) is 1.90. The number of methoxy groups -OCH3 is 1. The van der Waals surface area contributed by atoms with Crippen molar-refractivity contribution in [1.82, 2.24) is 0 Å². The molecule has 0 radical (unpaired) electrons. The zero-order chi connectivity index (χ0) is 10.7. The molecule has 2 rings (SSSR count). The quantitative estimate of drug-likeness (QED) is 0.740. The monoisotopic (exact) mass is 218 g/mol.